The van der Waals surface area contributed by atoms with Crippen LogP contribution in [0.3, 0.4) is 0 Å². The van der Waals surface area contributed by atoms with Gasteiger partial charge in [0.15, 0.2) is 23.1 Å². The minimum Gasteiger partial charge on any atom is -0.434 e. The predicted octanol–water partition coefficient (Wildman–Crippen LogP) is 6.11. The molecule has 0 aromatic heterocycles. The fourth-order valence-corrected chi connectivity index (χ4v) is 3.99. The molecule has 0 aliphatic heterocycles. The van der Waals surface area contributed by atoms with Crippen molar-refractivity contribution in [3.8, 4) is 0 Å². The molecule has 8 heteroatoms. The lowest BCUT2D eigenvalue weighted by atomic mass is 9.76. The summed E-state index contributed by atoms with van der Waals surface area (Å²) in [4.78, 5) is 52.3. The molecule has 2 aromatic rings. The summed E-state index contributed by atoms with van der Waals surface area (Å²) in [5.74, 6) is -1.32. The van der Waals surface area contributed by atoms with Gasteiger partial charge in [0, 0.05) is 22.3 Å². The average molecular weight is 491 g/mol. The molecule has 0 spiro atoms. The summed E-state index contributed by atoms with van der Waals surface area (Å²) in [6, 6.07) is 12.9. The maximum atomic E-state index is 13.7. The van der Waals surface area contributed by atoms with Crippen LogP contribution in [0.1, 0.15) is 71.4 Å². The molecule has 0 fully saturated rings. The summed E-state index contributed by atoms with van der Waals surface area (Å²) in [5.41, 5.74) is 0.598. The van der Waals surface area contributed by atoms with Crippen molar-refractivity contribution in [2.24, 2.45) is 0 Å². The third kappa shape index (κ3) is 4.79. The number of rotatable bonds is 8. The molecule has 2 aliphatic rings. The molecule has 2 aliphatic carbocycles. The molecule has 0 saturated heterocycles. The quantitative estimate of drug-likeness (QED) is 0.322. The molecule has 0 heterocycles. The second-order valence-electron chi connectivity index (χ2n) is 8.27. The fourth-order valence-electron chi connectivity index (χ4n) is 3.99. The average Bonchev–Trinajstić information content (AvgIpc) is 2.88. The molecule has 8 nitrogen and oxygen atoms in total. The topological polar surface area (TPSA) is 105 Å². The number of Topliss-reactive ketones (excluding diaryl/α,β-unsaturated/α-hetero) is 2. The van der Waals surface area contributed by atoms with Gasteiger partial charge in [-0.15, -0.1) is 0 Å². The maximum absolute atomic E-state index is 13.7. The summed E-state index contributed by atoms with van der Waals surface area (Å²) >= 11 is 0. The van der Waals surface area contributed by atoms with Crippen LogP contribution < -0.4 is 0 Å². The molecule has 0 unspecified atom stereocenters. The number of ketones is 2. The number of fused-ring (bicyclic) bond motifs is 3. The summed E-state index contributed by atoms with van der Waals surface area (Å²) in [5, 5.41) is 0. The molecule has 0 amide bonds. The second kappa shape index (κ2) is 11.0. The van der Waals surface area contributed by atoms with E-state index in [0.29, 0.717) is 12.8 Å². The van der Waals surface area contributed by atoms with Crippen molar-refractivity contribution < 1.29 is 38.1 Å². The maximum Gasteiger partial charge on any atom is 0.513 e. The second-order valence-corrected chi connectivity index (χ2v) is 8.27. The Morgan fingerprint density at radius 2 is 0.972 bits per heavy atom. The number of carbonyl (C=O) groups excluding carboxylic acids is 4. The Balaban J connectivity index is 1.88. The van der Waals surface area contributed by atoms with E-state index >= 15 is 0 Å². The zero-order valence-electron chi connectivity index (χ0n) is 20.1. The lowest BCUT2D eigenvalue weighted by molar-refractivity contribution is 0.0845. The van der Waals surface area contributed by atoms with Crippen LogP contribution in [0.4, 0.5) is 9.59 Å². The number of hydrogen-bond acceptors (Lipinski definition) is 8. The molecule has 0 bridgehead atoms. The van der Waals surface area contributed by atoms with Crippen molar-refractivity contribution in [3.63, 3.8) is 0 Å². The summed E-state index contributed by atoms with van der Waals surface area (Å²) < 4.78 is 21.4. The largest absolute Gasteiger partial charge is 0.513 e. The highest BCUT2D eigenvalue weighted by Gasteiger charge is 2.43. The highest BCUT2D eigenvalue weighted by molar-refractivity contribution is 6.34. The van der Waals surface area contributed by atoms with Crippen LogP contribution >= 0.6 is 0 Å². The third-order valence-electron chi connectivity index (χ3n) is 5.80. The first-order valence-corrected chi connectivity index (χ1v) is 11.9. The SMILES string of the molecule is CCCCOC(=O)OC1=C2C(=O)c3ccccc3C(OC(=O)OCCCC)=C2C(=O)c2ccccc21. The molecule has 0 atom stereocenters. The van der Waals surface area contributed by atoms with Gasteiger partial charge in [0.05, 0.1) is 24.4 Å². The molecule has 186 valence electrons. The van der Waals surface area contributed by atoms with Crippen molar-refractivity contribution >= 4 is 35.4 Å². The van der Waals surface area contributed by atoms with E-state index in [1.165, 1.54) is 0 Å². The number of carbonyl (C=O) groups is 4. The van der Waals surface area contributed by atoms with Crippen molar-refractivity contribution in [2.75, 3.05) is 13.2 Å². The summed E-state index contributed by atoms with van der Waals surface area (Å²) in [6.07, 6.45) is 0.924. The van der Waals surface area contributed by atoms with E-state index in [0.717, 1.165) is 12.8 Å². The van der Waals surface area contributed by atoms with E-state index in [1.54, 1.807) is 48.5 Å². The van der Waals surface area contributed by atoms with Gasteiger partial charge in [-0.2, -0.15) is 0 Å². The Hall–Kier alpha value is -4.20. The van der Waals surface area contributed by atoms with Crippen LogP contribution in [0.15, 0.2) is 59.7 Å². The van der Waals surface area contributed by atoms with E-state index in [4.69, 9.17) is 18.9 Å². The van der Waals surface area contributed by atoms with Crippen molar-refractivity contribution in [1.29, 1.82) is 0 Å². The smallest absolute Gasteiger partial charge is 0.434 e. The van der Waals surface area contributed by atoms with Gasteiger partial charge in [-0.3, -0.25) is 9.59 Å². The zero-order chi connectivity index (χ0) is 25.7. The fraction of sp³-hybridized carbons (Fsp3) is 0.286. The number of unbranched alkanes of at least 4 members (excludes halogenated alkanes) is 2. The molecule has 36 heavy (non-hydrogen) atoms. The van der Waals surface area contributed by atoms with Gasteiger partial charge in [-0.1, -0.05) is 75.2 Å². The van der Waals surface area contributed by atoms with Gasteiger partial charge in [-0.05, 0) is 12.8 Å². The first kappa shape index (κ1) is 24.9. The minimum atomic E-state index is -0.998. The Bertz CT molecular complexity index is 1180. The standard InChI is InChI=1S/C28H26O8/c1-3-5-15-33-27(31)35-25-19-13-9-7-11-17(19)24(30)22-21(25)23(29)18-12-8-10-14-20(18)26(22)36-28(32)34-16-6-4-2/h7-14H,3-6,15-16H2,1-2H3. The third-order valence-corrected chi connectivity index (χ3v) is 5.80. The number of benzene rings is 2. The Morgan fingerprint density at radius 3 is 1.33 bits per heavy atom. The lowest BCUT2D eigenvalue weighted by Crippen LogP contribution is -2.29. The van der Waals surface area contributed by atoms with Gasteiger partial charge in [0.1, 0.15) is 0 Å². The van der Waals surface area contributed by atoms with Crippen LogP contribution in [-0.4, -0.2) is 37.1 Å². The van der Waals surface area contributed by atoms with Gasteiger partial charge in [-0.25, -0.2) is 9.59 Å². The Morgan fingerprint density at radius 1 is 0.611 bits per heavy atom. The van der Waals surface area contributed by atoms with E-state index in [1.807, 2.05) is 13.8 Å². The summed E-state index contributed by atoms with van der Waals surface area (Å²) in [7, 11) is 0. The van der Waals surface area contributed by atoms with Gasteiger partial charge in [0.2, 0.25) is 0 Å². The van der Waals surface area contributed by atoms with Gasteiger partial charge in [0.25, 0.3) is 0 Å². The van der Waals surface area contributed by atoms with Gasteiger partial charge < -0.3 is 18.9 Å². The zero-order valence-corrected chi connectivity index (χ0v) is 20.1. The molecule has 4 rings (SSSR count). The van der Waals surface area contributed by atoms with E-state index in [2.05, 4.69) is 0 Å². The highest BCUT2D eigenvalue weighted by Crippen LogP contribution is 2.44. The molecular weight excluding hydrogens is 464 g/mol. The molecule has 0 radical (unpaired) electrons. The van der Waals surface area contributed by atoms with Crippen molar-refractivity contribution in [2.45, 2.75) is 39.5 Å². The van der Waals surface area contributed by atoms with E-state index in [9.17, 15) is 19.2 Å². The van der Waals surface area contributed by atoms with Crippen LogP contribution in [0, 0.1) is 0 Å². The van der Waals surface area contributed by atoms with E-state index in [-0.39, 0.29) is 58.1 Å². The van der Waals surface area contributed by atoms with Crippen LogP contribution in [0.25, 0.3) is 11.5 Å². The number of allylic oxidation sites excluding steroid dienone is 2. The first-order valence-electron chi connectivity index (χ1n) is 11.9. The summed E-state index contributed by atoms with van der Waals surface area (Å²) in [6.45, 7) is 4.20. The number of hydrogen-bond donors (Lipinski definition) is 0. The minimum absolute atomic E-state index is 0.123. The van der Waals surface area contributed by atoms with Crippen LogP contribution in [0.5, 0.6) is 0 Å². The molecule has 0 N–H and O–H groups in total. The molecule has 0 saturated carbocycles. The molecule has 2 aromatic carbocycles. The van der Waals surface area contributed by atoms with Gasteiger partial charge >= 0.3 is 12.3 Å². The number of ether oxygens (including phenoxy) is 4. The lowest BCUT2D eigenvalue weighted by Gasteiger charge is -2.28. The van der Waals surface area contributed by atoms with Crippen molar-refractivity contribution in [3.05, 3.63) is 81.9 Å². The highest BCUT2D eigenvalue weighted by atomic mass is 16.7. The predicted molar refractivity (Wildman–Crippen MR) is 130 cm³/mol. The van der Waals surface area contributed by atoms with Crippen molar-refractivity contribution in [1.82, 2.24) is 0 Å². The monoisotopic (exact) mass is 490 g/mol. The Labute approximate surface area is 208 Å². The Kier molecular flexibility index (Phi) is 7.63. The van der Waals surface area contributed by atoms with Crippen LogP contribution in [0.2, 0.25) is 0 Å². The molecular formula is C28H26O8. The van der Waals surface area contributed by atoms with Crippen LogP contribution in [-0.2, 0) is 18.9 Å². The normalized spacial score (nSPS) is 14.1. The first-order chi connectivity index (χ1) is 17.5. The van der Waals surface area contributed by atoms with E-state index < -0.39 is 23.9 Å².